The molecule has 0 unspecified atom stereocenters. The Morgan fingerprint density at radius 1 is 1.00 bits per heavy atom. The van der Waals surface area contributed by atoms with Gasteiger partial charge in [-0.3, -0.25) is 9.69 Å². The number of hydrogen-bond donors (Lipinski definition) is 0. The van der Waals surface area contributed by atoms with Crippen molar-refractivity contribution in [1.29, 1.82) is 0 Å². The number of nitrogens with zero attached hydrogens (tertiary/aromatic N) is 2. The number of amides is 1. The molecule has 7 nitrogen and oxygen atoms in total. The van der Waals surface area contributed by atoms with Gasteiger partial charge in [-0.15, -0.1) is 0 Å². The molecule has 0 bridgehead atoms. The largest absolute Gasteiger partial charge is 0.497 e. The number of amidine groups is 1. The van der Waals surface area contributed by atoms with Crippen LogP contribution in [0.2, 0.25) is 0 Å². The lowest BCUT2D eigenvalue weighted by atomic mass is 10.1. The molecule has 31 heavy (non-hydrogen) atoms. The molecular formula is C23H26N2O5S. The molecule has 2 aromatic carbocycles. The monoisotopic (exact) mass is 442 g/mol. The molecule has 2 aromatic rings. The van der Waals surface area contributed by atoms with Crippen LogP contribution in [0, 0.1) is 6.92 Å². The van der Waals surface area contributed by atoms with Gasteiger partial charge in [0.2, 0.25) is 0 Å². The SMILES string of the molecule is COCCN1C(=O)C(=Cc2cc(OC)c(OC)cc2C)SC1=Nc1ccc(OC)cc1. The minimum atomic E-state index is -0.108. The van der Waals surface area contributed by atoms with E-state index in [2.05, 4.69) is 4.99 Å². The number of methoxy groups -OCH3 is 4. The predicted molar refractivity (Wildman–Crippen MR) is 124 cm³/mol. The molecule has 0 radical (unpaired) electrons. The van der Waals surface area contributed by atoms with Crippen molar-refractivity contribution in [3.8, 4) is 17.2 Å². The lowest BCUT2D eigenvalue weighted by Gasteiger charge is -2.14. The van der Waals surface area contributed by atoms with Gasteiger partial charge >= 0.3 is 0 Å². The van der Waals surface area contributed by atoms with E-state index in [0.717, 1.165) is 22.6 Å². The van der Waals surface area contributed by atoms with Crippen LogP contribution < -0.4 is 14.2 Å². The van der Waals surface area contributed by atoms with Gasteiger partial charge in [0.1, 0.15) is 5.75 Å². The van der Waals surface area contributed by atoms with Gasteiger partial charge < -0.3 is 18.9 Å². The summed E-state index contributed by atoms with van der Waals surface area (Å²) >= 11 is 1.34. The second-order valence-electron chi connectivity index (χ2n) is 6.72. The first-order valence-corrected chi connectivity index (χ1v) is 10.5. The van der Waals surface area contributed by atoms with Gasteiger partial charge in [0.25, 0.3) is 5.91 Å². The molecule has 3 rings (SSSR count). The number of rotatable bonds is 8. The summed E-state index contributed by atoms with van der Waals surface area (Å²) in [5.41, 5.74) is 2.59. The highest BCUT2D eigenvalue weighted by Crippen LogP contribution is 2.37. The number of thioether (sulfide) groups is 1. The molecule has 1 fully saturated rings. The molecule has 1 aliphatic rings. The van der Waals surface area contributed by atoms with Crippen LogP contribution >= 0.6 is 11.8 Å². The molecule has 164 valence electrons. The lowest BCUT2D eigenvalue weighted by Crippen LogP contribution is -2.32. The maximum absolute atomic E-state index is 13.1. The van der Waals surface area contributed by atoms with Gasteiger partial charge in [-0.1, -0.05) is 0 Å². The molecule has 0 spiro atoms. The smallest absolute Gasteiger partial charge is 0.266 e. The normalized spacial score (nSPS) is 16.3. The van der Waals surface area contributed by atoms with E-state index in [1.54, 1.807) is 33.3 Å². The van der Waals surface area contributed by atoms with Crippen molar-refractivity contribution in [2.24, 2.45) is 4.99 Å². The summed E-state index contributed by atoms with van der Waals surface area (Å²) in [6.07, 6.45) is 1.86. The van der Waals surface area contributed by atoms with E-state index in [0.29, 0.717) is 34.7 Å². The van der Waals surface area contributed by atoms with Crippen LogP contribution in [0.1, 0.15) is 11.1 Å². The summed E-state index contributed by atoms with van der Waals surface area (Å²) in [5.74, 6) is 1.90. The van der Waals surface area contributed by atoms with Crippen LogP contribution in [0.4, 0.5) is 5.69 Å². The van der Waals surface area contributed by atoms with Crippen LogP contribution in [0.15, 0.2) is 46.3 Å². The second-order valence-corrected chi connectivity index (χ2v) is 7.73. The molecule has 0 N–H and O–H groups in total. The van der Waals surface area contributed by atoms with Gasteiger partial charge in [0, 0.05) is 7.11 Å². The standard InChI is InChI=1S/C23H26N2O5S/c1-15-12-19(29-4)20(30-5)13-16(15)14-21-22(26)25(10-11-27-2)23(31-21)24-17-6-8-18(28-3)9-7-17/h6-9,12-14H,10-11H2,1-5H3. The number of aliphatic imine (C=N–C) groups is 1. The number of carbonyl (C=O) groups is 1. The van der Waals surface area contributed by atoms with Crippen molar-refractivity contribution >= 4 is 34.6 Å². The first kappa shape index (κ1) is 22.7. The van der Waals surface area contributed by atoms with Crippen LogP contribution in [-0.2, 0) is 9.53 Å². The summed E-state index contributed by atoms with van der Waals surface area (Å²) in [5, 5.41) is 0.608. The Bertz CT molecular complexity index is 1000. The van der Waals surface area contributed by atoms with Crippen LogP contribution in [-0.4, -0.2) is 57.6 Å². The van der Waals surface area contributed by atoms with Crippen molar-refractivity contribution in [1.82, 2.24) is 4.90 Å². The topological polar surface area (TPSA) is 69.6 Å². The molecule has 8 heteroatoms. The van der Waals surface area contributed by atoms with Crippen molar-refractivity contribution in [2.45, 2.75) is 6.92 Å². The average Bonchev–Trinajstić information content (AvgIpc) is 3.07. The molecule has 0 atom stereocenters. The van der Waals surface area contributed by atoms with Crippen LogP contribution in [0.25, 0.3) is 6.08 Å². The van der Waals surface area contributed by atoms with Gasteiger partial charge in [0.15, 0.2) is 16.7 Å². The Morgan fingerprint density at radius 3 is 2.29 bits per heavy atom. The number of aryl methyl sites for hydroxylation is 1. The van der Waals surface area contributed by atoms with Crippen LogP contribution in [0.5, 0.6) is 17.2 Å². The Hall–Kier alpha value is -2.97. The zero-order chi connectivity index (χ0) is 22.4. The fourth-order valence-electron chi connectivity index (χ4n) is 3.03. The lowest BCUT2D eigenvalue weighted by molar-refractivity contribution is -0.122. The zero-order valence-corrected chi connectivity index (χ0v) is 19.1. The summed E-state index contributed by atoms with van der Waals surface area (Å²) in [6.45, 7) is 2.80. The maximum atomic E-state index is 13.1. The summed E-state index contributed by atoms with van der Waals surface area (Å²) in [6, 6.07) is 11.1. The average molecular weight is 443 g/mol. The number of benzene rings is 2. The molecule has 1 amide bonds. The maximum Gasteiger partial charge on any atom is 0.266 e. The van der Waals surface area contributed by atoms with E-state index in [9.17, 15) is 4.79 Å². The van der Waals surface area contributed by atoms with Gasteiger partial charge in [-0.25, -0.2) is 4.99 Å². The number of carbonyl (C=O) groups excluding carboxylic acids is 1. The summed E-state index contributed by atoms with van der Waals surface area (Å²) in [7, 11) is 6.41. The highest BCUT2D eigenvalue weighted by molar-refractivity contribution is 8.18. The first-order chi connectivity index (χ1) is 15.0. The molecular weight excluding hydrogens is 416 g/mol. The first-order valence-electron chi connectivity index (χ1n) is 9.66. The number of ether oxygens (including phenoxy) is 4. The van der Waals surface area contributed by atoms with Gasteiger partial charge in [0.05, 0.1) is 45.1 Å². The van der Waals surface area contributed by atoms with E-state index in [-0.39, 0.29) is 5.91 Å². The van der Waals surface area contributed by atoms with E-state index < -0.39 is 0 Å². The molecule has 1 heterocycles. The summed E-state index contributed by atoms with van der Waals surface area (Å²) < 4.78 is 21.1. The Labute approximate surface area is 186 Å². The Kier molecular flexibility index (Phi) is 7.59. The second kappa shape index (κ2) is 10.4. The summed E-state index contributed by atoms with van der Waals surface area (Å²) in [4.78, 5) is 20.0. The van der Waals surface area contributed by atoms with Gasteiger partial charge in [-0.2, -0.15) is 0 Å². The Morgan fingerprint density at radius 2 is 1.68 bits per heavy atom. The minimum absolute atomic E-state index is 0.108. The number of hydrogen-bond acceptors (Lipinski definition) is 7. The Balaban J connectivity index is 1.96. The van der Waals surface area contributed by atoms with Crippen molar-refractivity contribution in [3.63, 3.8) is 0 Å². The van der Waals surface area contributed by atoms with Crippen molar-refractivity contribution in [3.05, 3.63) is 52.4 Å². The van der Waals surface area contributed by atoms with E-state index >= 15 is 0 Å². The molecule has 0 aliphatic carbocycles. The fourth-order valence-corrected chi connectivity index (χ4v) is 4.05. The molecule has 1 saturated heterocycles. The van der Waals surface area contributed by atoms with Crippen LogP contribution in [0.3, 0.4) is 0 Å². The highest BCUT2D eigenvalue weighted by atomic mass is 32.2. The van der Waals surface area contributed by atoms with E-state index in [4.69, 9.17) is 18.9 Å². The third-order valence-electron chi connectivity index (χ3n) is 4.76. The van der Waals surface area contributed by atoms with Gasteiger partial charge in [-0.05, 0) is 72.3 Å². The van der Waals surface area contributed by atoms with Crippen molar-refractivity contribution in [2.75, 3.05) is 41.6 Å². The van der Waals surface area contributed by atoms with E-state index in [1.807, 2.05) is 49.4 Å². The molecule has 0 aromatic heterocycles. The van der Waals surface area contributed by atoms with Crippen molar-refractivity contribution < 1.29 is 23.7 Å². The highest BCUT2D eigenvalue weighted by Gasteiger charge is 2.33. The fraction of sp³-hybridized carbons (Fsp3) is 0.304. The minimum Gasteiger partial charge on any atom is -0.497 e. The quantitative estimate of drug-likeness (QED) is 0.569. The third kappa shape index (κ3) is 5.21. The zero-order valence-electron chi connectivity index (χ0n) is 18.3. The third-order valence-corrected chi connectivity index (χ3v) is 5.77. The van der Waals surface area contributed by atoms with E-state index in [1.165, 1.54) is 11.8 Å². The predicted octanol–water partition coefficient (Wildman–Crippen LogP) is 4.27. The molecule has 0 saturated carbocycles. The molecule has 1 aliphatic heterocycles.